The predicted molar refractivity (Wildman–Crippen MR) is 73.3 cm³/mol. The van der Waals surface area contributed by atoms with Gasteiger partial charge in [-0.3, -0.25) is 0 Å². The molecule has 1 aliphatic carbocycles. The van der Waals surface area contributed by atoms with Gasteiger partial charge < -0.3 is 10.2 Å². The van der Waals surface area contributed by atoms with Crippen LogP contribution < -0.4 is 5.32 Å². The van der Waals surface area contributed by atoms with E-state index in [-0.39, 0.29) is 0 Å². The van der Waals surface area contributed by atoms with Crippen molar-refractivity contribution in [2.75, 3.05) is 20.1 Å². The summed E-state index contributed by atoms with van der Waals surface area (Å²) in [5.41, 5.74) is 4.29. The van der Waals surface area contributed by atoms with Crippen molar-refractivity contribution in [3.05, 3.63) is 34.9 Å². The number of hydrogen-bond donors (Lipinski definition) is 1. The summed E-state index contributed by atoms with van der Waals surface area (Å²) >= 11 is 0. The van der Waals surface area contributed by atoms with Gasteiger partial charge in [0.25, 0.3) is 0 Å². The summed E-state index contributed by atoms with van der Waals surface area (Å²) in [5.74, 6) is 0. The van der Waals surface area contributed by atoms with Crippen LogP contribution in [0, 0.1) is 13.8 Å². The van der Waals surface area contributed by atoms with E-state index in [0.29, 0.717) is 0 Å². The van der Waals surface area contributed by atoms with Crippen molar-refractivity contribution in [2.45, 2.75) is 39.3 Å². The highest BCUT2D eigenvalue weighted by Gasteiger charge is 2.19. The summed E-state index contributed by atoms with van der Waals surface area (Å²) < 4.78 is 0. The first-order chi connectivity index (χ1) is 8.16. The molecule has 0 aliphatic heterocycles. The molecule has 0 radical (unpaired) electrons. The van der Waals surface area contributed by atoms with Gasteiger partial charge in [-0.25, -0.2) is 0 Å². The van der Waals surface area contributed by atoms with E-state index >= 15 is 0 Å². The Morgan fingerprint density at radius 3 is 2.76 bits per heavy atom. The van der Waals surface area contributed by atoms with Crippen LogP contribution in [0.5, 0.6) is 0 Å². The molecule has 0 bridgehead atoms. The van der Waals surface area contributed by atoms with Gasteiger partial charge in [-0.2, -0.15) is 0 Å². The summed E-state index contributed by atoms with van der Waals surface area (Å²) in [6, 6.07) is 7.42. The number of hydrogen-bond acceptors (Lipinski definition) is 2. The number of nitrogens with one attached hydrogen (secondary N) is 1. The fourth-order valence-corrected chi connectivity index (χ4v) is 2.10. The topological polar surface area (TPSA) is 15.3 Å². The van der Waals surface area contributed by atoms with Crippen molar-refractivity contribution in [3.8, 4) is 0 Å². The molecule has 0 saturated heterocycles. The van der Waals surface area contributed by atoms with Crippen LogP contribution >= 0.6 is 0 Å². The molecule has 94 valence electrons. The molecule has 0 heterocycles. The zero-order valence-corrected chi connectivity index (χ0v) is 11.3. The third kappa shape index (κ3) is 3.83. The van der Waals surface area contributed by atoms with E-state index in [0.717, 1.165) is 25.7 Å². The fraction of sp³-hybridized carbons (Fsp3) is 0.600. The van der Waals surface area contributed by atoms with Crippen molar-refractivity contribution < 1.29 is 0 Å². The van der Waals surface area contributed by atoms with Crippen molar-refractivity contribution in [3.63, 3.8) is 0 Å². The molecule has 2 heteroatoms. The number of likely N-dealkylation sites (N-methyl/N-ethyl adjacent to an activating group) is 1. The molecule has 0 amide bonds. The van der Waals surface area contributed by atoms with Gasteiger partial charge >= 0.3 is 0 Å². The van der Waals surface area contributed by atoms with Crippen LogP contribution in [-0.2, 0) is 6.54 Å². The first-order valence-electron chi connectivity index (χ1n) is 6.64. The second kappa shape index (κ2) is 5.65. The zero-order chi connectivity index (χ0) is 12.3. The number of benzene rings is 1. The standard InChI is InChI=1S/C15H24N2/c1-12-5-4-6-14(13(12)2)11-17(3)10-9-16-15-7-8-15/h4-6,15-16H,7-11H2,1-3H3. The van der Waals surface area contributed by atoms with E-state index in [2.05, 4.69) is 49.3 Å². The van der Waals surface area contributed by atoms with Gasteiger partial charge in [0.1, 0.15) is 0 Å². The van der Waals surface area contributed by atoms with Gasteiger partial charge in [0, 0.05) is 25.7 Å². The van der Waals surface area contributed by atoms with Crippen molar-refractivity contribution >= 4 is 0 Å². The SMILES string of the molecule is Cc1cccc(CN(C)CCNC2CC2)c1C. The first kappa shape index (κ1) is 12.6. The molecular formula is C15H24N2. The van der Waals surface area contributed by atoms with Crippen LogP contribution in [0.25, 0.3) is 0 Å². The third-order valence-electron chi connectivity index (χ3n) is 3.66. The largest absolute Gasteiger partial charge is 0.313 e. The quantitative estimate of drug-likeness (QED) is 0.810. The number of nitrogens with zero attached hydrogens (tertiary/aromatic N) is 1. The maximum Gasteiger partial charge on any atom is 0.0233 e. The van der Waals surface area contributed by atoms with Crippen LogP contribution in [0.15, 0.2) is 18.2 Å². The molecule has 1 aromatic rings. The van der Waals surface area contributed by atoms with Gasteiger partial charge in [-0.05, 0) is 50.4 Å². The second-order valence-corrected chi connectivity index (χ2v) is 5.33. The second-order valence-electron chi connectivity index (χ2n) is 5.33. The molecule has 1 saturated carbocycles. The zero-order valence-electron chi connectivity index (χ0n) is 11.3. The Hall–Kier alpha value is -0.860. The molecule has 2 rings (SSSR count). The summed E-state index contributed by atoms with van der Waals surface area (Å²) in [6.45, 7) is 7.71. The normalized spacial score (nSPS) is 15.5. The van der Waals surface area contributed by atoms with E-state index in [9.17, 15) is 0 Å². The minimum atomic E-state index is 0.823. The Morgan fingerprint density at radius 1 is 1.29 bits per heavy atom. The lowest BCUT2D eigenvalue weighted by molar-refractivity contribution is 0.323. The van der Waals surface area contributed by atoms with E-state index < -0.39 is 0 Å². The Balaban J connectivity index is 1.79. The minimum Gasteiger partial charge on any atom is -0.313 e. The van der Waals surface area contributed by atoms with Gasteiger partial charge in [0.05, 0.1) is 0 Å². The van der Waals surface area contributed by atoms with E-state index in [1.54, 1.807) is 0 Å². The van der Waals surface area contributed by atoms with Gasteiger partial charge in [-0.1, -0.05) is 18.2 Å². The highest BCUT2D eigenvalue weighted by Crippen LogP contribution is 2.18. The number of rotatable bonds is 6. The smallest absolute Gasteiger partial charge is 0.0233 e. The Morgan fingerprint density at radius 2 is 2.06 bits per heavy atom. The summed E-state index contributed by atoms with van der Waals surface area (Å²) in [5, 5.41) is 3.56. The summed E-state index contributed by atoms with van der Waals surface area (Å²) in [6.07, 6.45) is 2.75. The monoisotopic (exact) mass is 232 g/mol. The molecule has 1 aromatic carbocycles. The van der Waals surface area contributed by atoms with Crippen LogP contribution in [0.3, 0.4) is 0 Å². The van der Waals surface area contributed by atoms with Crippen LogP contribution in [-0.4, -0.2) is 31.1 Å². The molecule has 0 atom stereocenters. The molecule has 0 aromatic heterocycles. The van der Waals surface area contributed by atoms with Crippen molar-refractivity contribution in [1.29, 1.82) is 0 Å². The minimum absolute atomic E-state index is 0.823. The average molecular weight is 232 g/mol. The van der Waals surface area contributed by atoms with Gasteiger partial charge in [0.2, 0.25) is 0 Å². The first-order valence-corrected chi connectivity index (χ1v) is 6.64. The van der Waals surface area contributed by atoms with Gasteiger partial charge in [0.15, 0.2) is 0 Å². The van der Waals surface area contributed by atoms with Crippen LogP contribution in [0.2, 0.25) is 0 Å². The lowest BCUT2D eigenvalue weighted by atomic mass is 10.0. The Bertz CT molecular complexity index is 369. The maximum absolute atomic E-state index is 3.56. The Kier molecular flexibility index (Phi) is 4.19. The lowest BCUT2D eigenvalue weighted by Crippen LogP contribution is -2.30. The average Bonchev–Trinajstić information content (AvgIpc) is 3.09. The molecule has 1 fully saturated rings. The number of aryl methyl sites for hydroxylation is 1. The molecular weight excluding hydrogens is 208 g/mol. The molecule has 2 nitrogen and oxygen atoms in total. The van der Waals surface area contributed by atoms with Crippen LogP contribution in [0.1, 0.15) is 29.5 Å². The summed E-state index contributed by atoms with van der Waals surface area (Å²) in [7, 11) is 2.20. The van der Waals surface area contributed by atoms with Gasteiger partial charge in [-0.15, -0.1) is 0 Å². The van der Waals surface area contributed by atoms with E-state index in [4.69, 9.17) is 0 Å². The van der Waals surface area contributed by atoms with Crippen molar-refractivity contribution in [2.24, 2.45) is 0 Å². The van der Waals surface area contributed by atoms with E-state index in [1.165, 1.54) is 29.5 Å². The van der Waals surface area contributed by atoms with E-state index in [1.807, 2.05) is 0 Å². The predicted octanol–water partition coefficient (Wildman–Crippen LogP) is 2.49. The van der Waals surface area contributed by atoms with Crippen LogP contribution in [0.4, 0.5) is 0 Å². The summed E-state index contributed by atoms with van der Waals surface area (Å²) in [4.78, 5) is 2.40. The molecule has 0 spiro atoms. The molecule has 0 unspecified atom stereocenters. The molecule has 1 aliphatic rings. The lowest BCUT2D eigenvalue weighted by Gasteiger charge is -2.19. The highest BCUT2D eigenvalue weighted by molar-refractivity contribution is 5.32. The highest BCUT2D eigenvalue weighted by atomic mass is 15.1. The molecule has 1 N–H and O–H groups in total. The maximum atomic E-state index is 3.56. The Labute approximate surface area is 105 Å². The van der Waals surface area contributed by atoms with Crippen molar-refractivity contribution in [1.82, 2.24) is 10.2 Å². The fourth-order valence-electron chi connectivity index (χ4n) is 2.10. The third-order valence-corrected chi connectivity index (χ3v) is 3.66. The molecule has 17 heavy (non-hydrogen) atoms.